The van der Waals surface area contributed by atoms with Gasteiger partial charge in [0.15, 0.2) is 0 Å². The second-order valence-electron chi connectivity index (χ2n) is 5.64. The second kappa shape index (κ2) is 5.35. The largest absolute Gasteiger partial charge is 0.388 e. The maximum atomic E-state index is 13.6. The Kier molecular flexibility index (Phi) is 4.00. The van der Waals surface area contributed by atoms with Crippen molar-refractivity contribution in [2.75, 3.05) is 0 Å². The van der Waals surface area contributed by atoms with Crippen LogP contribution in [0.4, 0.5) is 8.78 Å². The molecule has 0 aromatic heterocycles. The molecule has 100 valence electrons. The highest BCUT2D eigenvalue weighted by Crippen LogP contribution is 2.40. The summed E-state index contributed by atoms with van der Waals surface area (Å²) < 4.78 is 26.5. The van der Waals surface area contributed by atoms with Gasteiger partial charge in [0.1, 0.15) is 11.6 Å². The molecule has 1 fully saturated rings. The van der Waals surface area contributed by atoms with Gasteiger partial charge in [-0.05, 0) is 36.7 Å². The van der Waals surface area contributed by atoms with E-state index in [-0.39, 0.29) is 11.5 Å². The van der Waals surface area contributed by atoms with Gasteiger partial charge in [-0.15, -0.1) is 0 Å². The highest BCUT2D eigenvalue weighted by Gasteiger charge is 2.31. The number of rotatable bonds is 2. The van der Waals surface area contributed by atoms with Gasteiger partial charge >= 0.3 is 0 Å². The minimum atomic E-state index is -0.819. The maximum Gasteiger partial charge on any atom is 0.131 e. The van der Waals surface area contributed by atoms with Crippen molar-refractivity contribution < 1.29 is 13.9 Å². The topological polar surface area (TPSA) is 20.2 Å². The van der Waals surface area contributed by atoms with Crippen LogP contribution in [0.3, 0.4) is 0 Å². The summed E-state index contributed by atoms with van der Waals surface area (Å²) in [7, 11) is 0. The van der Waals surface area contributed by atoms with Crippen LogP contribution in [-0.4, -0.2) is 5.11 Å². The first-order chi connectivity index (χ1) is 8.49. The Hall–Kier alpha value is -0.960. The fourth-order valence-electron chi connectivity index (χ4n) is 2.87. The van der Waals surface area contributed by atoms with Crippen molar-refractivity contribution in [1.29, 1.82) is 0 Å². The van der Waals surface area contributed by atoms with Crippen LogP contribution in [-0.2, 0) is 0 Å². The third-order valence-electron chi connectivity index (χ3n) is 4.37. The van der Waals surface area contributed by atoms with Crippen LogP contribution >= 0.6 is 0 Å². The van der Waals surface area contributed by atoms with E-state index in [0.29, 0.717) is 11.8 Å². The standard InChI is InChI=1S/C15H20F2O/c1-9-3-4-11(7-10(9)2)15(18)13-6-5-12(16)8-14(13)17/h5-6,8-11,15,18H,3-4,7H2,1-2H3. The van der Waals surface area contributed by atoms with Crippen molar-refractivity contribution >= 4 is 0 Å². The molecular weight excluding hydrogens is 234 g/mol. The summed E-state index contributed by atoms with van der Waals surface area (Å²) in [5, 5.41) is 10.3. The SMILES string of the molecule is CC1CCC(C(O)c2ccc(F)cc2F)CC1C. The van der Waals surface area contributed by atoms with Crippen molar-refractivity contribution in [3.05, 3.63) is 35.4 Å². The molecule has 1 nitrogen and oxygen atoms in total. The van der Waals surface area contributed by atoms with E-state index in [0.717, 1.165) is 25.3 Å². The van der Waals surface area contributed by atoms with E-state index in [1.54, 1.807) is 0 Å². The summed E-state index contributed by atoms with van der Waals surface area (Å²) in [5.74, 6) is 0.0347. The number of hydrogen-bond donors (Lipinski definition) is 1. The second-order valence-corrected chi connectivity index (χ2v) is 5.64. The van der Waals surface area contributed by atoms with Gasteiger partial charge in [-0.2, -0.15) is 0 Å². The summed E-state index contributed by atoms with van der Waals surface area (Å²) in [4.78, 5) is 0. The molecule has 18 heavy (non-hydrogen) atoms. The Morgan fingerprint density at radius 3 is 2.50 bits per heavy atom. The zero-order chi connectivity index (χ0) is 13.3. The molecule has 0 bridgehead atoms. The molecule has 1 aliphatic carbocycles. The predicted molar refractivity (Wildman–Crippen MR) is 67.0 cm³/mol. The molecule has 0 spiro atoms. The summed E-state index contributed by atoms with van der Waals surface area (Å²) in [6.07, 6.45) is 2.05. The fraction of sp³-hybridized carbons (Fsp3) is 0.600. The summed E-state index contributed by atoms with van der Waals surface area (Å²) in [6, 6.07) is 3.40. The monoisotopic (exact) mass is 254 g/mol. The first-order valence-corrected chi connectivity index (χ1v) is 6.62. The Labute approximate surface area is 107 Å². The molecule has 3 heteroatoms. The van der Waals surface area contributed by atoms with E-state index >= 15 is 0 Å². The van der Waals surface area contributed by atoms with Gasteiger partial charge in [-0.1, -0.05) is 26.3 Å². The van der Waals surface area contributed by atoms with Gasteiger partial charge in [0.25, 0.3) is 0 Å². The average Bonchev–Trinajstić information content (AvgIpc) is 2.32. The van der Waals surface area contributed by atoms with E-state index in [1.165, 1.54) is 12.1 Å². The lowest BCUT2D eigenvalue weighted by Gasteiger charge is -2.34. The van der Waals surface area contributed by atoms with Gasteiger partial charge in [-0.25, -0.2) is 8.78 Å². The van der Waals surface area contributed by atoms with Gasteiger partial charge in [-0.3, -0.25) is 0 Å². The smallest absolute Gasteiger partial charge is 0.131 e. The molecule has 0 heterocycles. The number of halogens is 2. The van der Waals surface area contributed by atoms with Crippen molar-refractivity contribution in [1.82, 2.24) is 0 Å². The van der Waals surface area contributed by atoms with Crippen molar-refractivity contribution in [2.24, 2.45) is 17.8 Å². The molecule has 0 amide bonds. The molecule has 0 aliphatic heterocycles. The molecule has 1 aromatic rings. The van der Waals surface area contributed by atoms with Gasteiger partial charge in [0.05, 0.1) is 6.10 Å². The van der Waals surface area contributed by atoms with Crippen LogP contribution in [0.1, 0.15) is 44.8 Å². The van der Waals surface area contributed by atoms with E-state index in [4.69, 9.17) is 0 Å². The Balaban J connectivity index is 2.13. The molecule has 0 radical (unpaired) electrons. The molecule has 0 saturated heterocycles. The zero-order valence-electron chi connectivity index (χ0n) is 10.9. The Morgan fingerprint density at radius 2 is 1.89 bits per heavy atom. The number of benzene rings is 1. The molecule has 1 aliphatic rings. The van der Waals surface area contributed by atoms with Crippen LogP contribution < -0.4 is 0 Å². The number of aliphatic hydroxyl groups excluding tert-OH is 1. The van der Waals surface area contributed by atoms with Crippen LogP contribution in [0.25, 0.3) is 0 Å². The van der Waals surface area contributed by atoms with Crippen molar-refractivity contribution in [2.45, 2.75) is 39.2 Å². The van der Waals surface area contributed by atoms with Crippen LogP contribution in [0.2, 0.25) is 0 Å². The van der Waals surface area contributed by atoms with E-state index in [2.05, 4.69) is 13.8 Å². The normalized spacial score (nSPS) is 30.2. The van der Waals surface area contributed by atoms with Crippen LogP contribution in [0, 0.1) is 29.4 Å². The number of hydrogen-bond acceptors (Lipinski definition) is 1. The lowest BCUT2D eigenvalue weighted by Crippen LogP contribution is -2.25. The van der Waals surface area contributed by atoms with E-state index in [9.17, 15) is 13.9 Å². The summed E-state index contributed by atoms with van der Waals surface area (Å²) in [5.41, 5.74) is 0.225. The van der Waals surface area contributed by atoms with Crippen LogP contribution in [0.15, 0.2) is 18.2 Å². The lowest BCUT2D eigenvalue weighted by molar-refractivity contribution is 0.0535. The number of aliphatic hydroxyl groups is 1. The van der Waals surface area contributed by atoms with Crippen molar-refractivity contribution in [3.63, 3.8) is 0 Å². The molecule has 1 saturated carbocycles. The highest BCUT2D eigenvalue weighted by molar-refractivity contribution is 5.21. The molecule has 1 aromatic carbocycles. The molecule has 4 unspecified atom stereocenters. The maximum absolute atomic E-state index is 13.6. The fourth-order valence-corrected chi connectivity index (χ4v) is 2.87. The molecule has 2 rings (SSSR count). The molecule has 1 N–H and O–H groups in total. The van der Waals surface area contributed by atoms with E-state index < -0.39 is 17.7 Å². The summed E-state index contributed by atoms with van der Waals surface area (Å²) >= 11 is 0. The predicted octanol–water partition coefficient (Wildman–Crippen LogP) is 4.07. The molecular formula is C15H20F2O. The third-order valence-corrected chi connectivity index (χ3v) is 4.37. The average molecular weight is 254 g/mol. The van der Waals surface area contributed by atoms with Crippen LogP contribution in [0.5, 0.6) is 0 Å². The van der Waals surface area contributed by atoms with Gasteiger partial charge in [0.2, 0.25) is 0 Å². The van der Waals surface area contributed by atoms with Gasteiger partial charge in [0, 0.05) is 11.6 Å². The molecule has 4 atom stereocenters. The zero-order valence-corrected chi connectivity index (χ0v) is 10.9. The minimum absolute atomic E-state index is 0.0798. The highest BCUT2D eigenvalue weighted by atomic mass is 19.1. The first-order valence-electron chi connectivity index (χ1n) is 6.62. The Bertz CT molecular complexity index is 419. The first kappa shape index (κ1) is 13.5. The van der Waals surface area contributed by atoms with E-state index in [1.807, 2.05) is 0 Å². The quantitative estimate of drug-likeness (QED) is 0.843. The van der Waals surface area contributed by atoms with Gasteiger partial charge < -0.3 is 5.11 Å². The summed E-state index contributed by atoms with van der Waals surface area (Å²) in [6.45, 7) is 4.39. The Morgan fingerprint density at radius 1 is 1.17 bits per heavy atom. The van der Waals surface area contributed by atoms with Crippen molar-refractivity contribution in [3.8, 4) is 0 Å². The minimum Gasteiger partial charge on any atom is -0.388 e. The third kappa shape index (κ3) is 2.72. The lowest BCUT2D eigenvalue weighted by atomic mass is 9.73.